The number of aryl methyl sites for hydroxylation is 1. The first-order chi connectivity index (χ1) is 17.9. The van der Waals surface area contributed by atoms with E-state index in [2.05, 4.69) is 11.8 Å². The van der Waals surface area contributed by atoms with Gasteiger partial charge in [-0.25, -0.2) is 0 Å². The van der Waals surface area contributed by atoms with Crippen LogP contribution in [0.25, 0.3) is 0 Å². The number of rotatable bonds is 12. The second kappa shape index (κ2) is 18.5. The molecule has 1 N–H and O–H groups in total. The Hall–Kier alpha value is -2.70. The van der Waals surface area contributed by atoms with Crippen molar-refractivity contribution in [1.29, 1.82) is 0 Å². The van der Waals surface area contributed by atoms with E-state index in [1.165, 1.54) is 18.4 Å². The monoisotopic (exact) mass is 513 g/mol. The summed E-state index contributed by atoms with van der Waals surface area (Å²) in [6.07, 6.45) is 6.63. The molecule has 0 aliphatic carbocycles. The molecule has 0 saturated carbocycles. The van der Waals surface area contributed by atoms with E-state index in [-0.39, 0.29) is 11.7 Å². The van der Waals surface area contributed by atoms with Crippen LogP contribution in [0.2, 0.25) is 0 Å². The predicted molar refractivity (Wildman–Crippen MR) is 151 cm³/mol. The molecule has 0 amide bonds. The van der Waals surface area contributed by atoms with Gasteiger partial charge in [0.15, 0.2) is 17.3 Å². The molecular formula is C31H47NO5. The van der Waals surface area contributed by atoms with Gasteiger partial charge in [-0.15, -0.1) is 0 Å². The molecule has 0 aromatic heterocycles. The molecule has 6 nitrogen and oxygen atoms in total. The Morgan fingerprint density at radius 3 is 2.16 bits per heavy atom. The molecule has 2 unspecified atom stereocenters. The van der Waals surface area contributed by atoms with Gasteiger partial charge in [0.05, 0.1) is 20.3 Å². The smallest absolute Gasteiger partial charge is 0.161 e. The number of likely N-dealkylation sites (tertiary alicyclic amines) is 1. The fraction of sp³-hybridized carbons (Fsp3) is 0.548. The lowest BCUT2D eigenvalue weighted by atomic mass is 9.96. The number of benzene rings is 2. The van der Waals surface area contributed by atoms with E-state index in [9.17, 15) is 14.7 Å². The van der Waals surface area contributed by atoms with Crippen molar-refractivity contribution in [1.82, 2.24) is 4.90 Å². The number of aliphatic hydroxyl groups excluding tert-OH is 1. The molecule has 3 rings (SSSR count). The molecule has 1 aliphatic heterocycles. The van der Waals surface area contributed by atoms with Crippen LogP contribution in [0, 0.1) is 5.92 Å². The minimum atomic E-state index is -0.476. The van der Waals surface area contributed by atoms with Gasteiger partial charge in [-0.2, -0.15) is 0 Å². The average Bonchev–Trinajstić information content (AvgIpc) is 3.45. The number of aldehydes is 1. The number of carbonyl (C=O) groups excluding carboxylic acids is 2. The van der Waals surface area contributed by atoms with Crippen LogP contribution in [0.1, 0.15) is 87.4 Å². The first kappa shape index (κ1) is 32.3. The molecule has 1 saturated heterocycles. The molecule has 0 bridgehead atoms. The van der Waals surface area contributed by atoms with Crippen LogP contribution in [-0.4, -0.2) is 55.9 Å². The van der Waals surface area contributed by atoms with Gasteiger partial charge < -0.3 is 24.3 Å². The highest BCUT2D eigenvalue weighted by atomic mass is 16.5. The summed E-state index contributed by atoms with van der Waals surface area (Å²) in [5, 5.41) is 10.5. The van der Waals surface area contributed by atoms with E-state index in [0.29, 0.717) is 17.9 Å². The summed E-state index contributed by atoms with van der Waals surface area (Å²) in [4.78, 5) is 23.5. The average molecular weight is 514 g/mol. The number of Topliss-reactive ketones (excluding diaryl/α,β-unsaturated/α-hetero) is 1. The number of hydrogen-bond donors (Lipinski definition) is 1. The number of aliphatic hydroxyl groups is 1. The quantitative estimate of drug-likeness (QED) is 0.204. The fourth-order valence-corrected chi connectivity index (χ4v) is 4.30. The minimum absolute atomic E-state index is 0.0995. The molecule has 206 valence electrons. The standard InChI is InChI=1S/C16H25NO3.C13H16O2.C2H6/c1-12(11-17-8-4-5-9-17)16(18)13-6-7-14(19-2)15(10-13)20-3;1-11(15)13-8-6-12(7-9-13)5-3-2-4-10-14;1-2/h6-7,10,12,16,18H,4-5,8-9,11H2,1-3H3;6-10H,2-5H2,1H3;1-2H3. The number of nitrogens with zero attached hydrogens (tertiary/aromatic N) is 1. The van der Waals surface area contributed by atoms with Gasteiger partial charge in [-0.05, 0) is 81.3 Å². The Balaban J connectivity index is 0.000000360. The highest BCUT2D eigenvalue weighted by molar-refractivity contribution is 5.94. The zero-order chi connectivity index (χ0) is 27.6. The van der Waals surface area contributed by atoms with Crippen LogP contribution in [0.5, 0.6) is 11.5 Å². The number of ketones is 1. The van der Waals surface area contributed by atoms with Crippen LogP contribution in [0.4, 0.5) is 0 Å². The van der Waals surface area contributed by atoms with Crippen LogP contribution in [0.15, 0.2) is 42.5 Å². The zero-order valence-corrected chi connectivity index (χ0v) is 23.7. The Labute approximate surface area is 224 Å². The van der Waals surface area contributed by atoms with Crippen LogP contribution >= 0.6 is 0 Å². The lowest BCUT2D eigenvalue weighted by Gasteiger charge is -2.25. The first-order valence-electron chi connectivity index (χ1n) is 13.6. The third kappa shape index (κ3) is 11.5. The van der Waals surface area contributed by atoms with Crippen molar-refractivity contribution in [2.75, 3.05) is 33.9 Å². The third-order valence-corrected chi connectivity index (χ3v) is 6.43. The highest BCUT2D eigenvalue weighted by Crippen LogP contribution is 2.32. The van der Waals surface area contributed by atoms with Crippen molar-refractivity contribution in [3.05, 3.63) is 59.2 Å². The molecule has 1 heterocycles. The van der Waals surface area contributed by atoms with Crippen molar-refractivity contribution in [2.45, 2.75) is 72.3 Å². The summed E-state index contributed by atoms with van der Waals surface area (Å²) < 4.78 is 10.5. The topological polar surface area (TPSA) is 76.1 Å². The number of unbranched alkanes of at least 4 members (excludes halogenated alkanes) is 2. The van der Waals surface area contributed by atoms with E-state index in [4.69, 9.17) is 9.47 Å². The molecule has 0 spiro atoms. The molecule has 37 heavy (non-hydrogen) atoms. The zero-order valence-electron chi connectivity index (χ0n) is 23.7. The second-order valence-corrected chi connectivity index (χ2v) is 9.21. The number of ether oxygens (including phenoxy) is 2. The van der Waals surface area contributed by atoms with Gasteiger partial charge in [-0.3, -0.25) is 4.79 Å². The maximum atomic E-state index is 11.0. The maximum Gasteiger partial charge on any atom is 0.161 e. The first-order valence-corrected chi connectivity index (χ1v) is 13.6. The lowest BCUT2D eigenvalue weighted by Crippen LogP contribution is -2.28. The number of hydrogen-bond acceptors (Lipinski definition) is 6. The summed E-state index contributed by atoms with van der Waals surface area (Å²) in [5.74, 6) is 1.65. The van der Waals surface area contributed by atoms with Crippen molar-refractivity contribution < 1.29 is 24.2 Å². The summed E-state index contributed by atoms with van der Waals surface area (Å²) in [7, 11) is 3.23. The minimum Gasteiger partial charge on any atom is -0.493 e. The number of methoxy groups -OCH3 is 2. The summed E-state index contributed by atoms with van der Waals surface area (Å²) in [5.41, 5.74) is 2.87. The van der Waals surface area contributed by atoms with Crippen LogP contribution in [-0.2, 0) is 11.2 Å². The molecule has 1 aliphatic rings. The Morgan fingerprint density at radius 1 is 1.00 bits per heavy atom. The van der Waals surface area contributed by atoms with Gasteiger partial charge in [0.2, 0.25) is 0 Å². The third-order valence-electron chi connectivity index (χ3n) is 6.43. The van der Waals surface area contributed by atoms with E-state index >= 15 is 0 Å². The Kier molecular flexibility index (Phi) is 16.2. The second-order valence-electron chi connectivity index (χ2n) is 9.21. The van der Waals surface area contributed by atoms with Gasteiger partial charge in [0, 0.05) is 18.5 Å². The molecule has 2 aromatic carbocycles. The van der Waals surface area contributed by atoms with E-state index < -0.39 is 6.10 Å². The van der Waals surface area contributed by atoms with E-state index in [0.717, 1.165) is 56.3 Å². The maximum absolute atomic E-state index is 11.0. The molecule has 0 radical (unpaired) electrons. The van der Waals surface area contributed by atoms with Crippen molar-refractivity contribution >= 4 is 12.1 Å². The Bertz CT molecular complexity index is 906. The summed E-state index contributed by atoms with van der Waals surface area (Å²) in [6, 6.07) is 13.3. The van der Waals surface area contributed by atoms with Crippen molar-refractivity contribution in [3.8, 4) is 11.5 Å². The van der Waals surface area contributed by atoms with Crippen LogP contribution in [0.3, 0.4) is 0 Å². The molecule has 1 fully saturated rings. The molecule has 2 aromatic rings. The summed E-state index contributed by atoms with van der Waals surface area (Å²) in [6.45, 7) is 10.9. The van der Waals surface area contributed by atoms with Gasteiger partial charge in [-0.1, -0.05) is 51.1 Å². The normalized spacial score (nSPS) is 14.4. The summed E-state index contributed by atoms with van der Waals surface area (Å²) >= 11 is 0. The molecular weight excluding hydrogens is 466 g/mol. The van der Waals surface area contributed by atoms with Crippen LogP contribution < -0.4 is 9.47 Å². The van der Waals surface area contributed by atoms with Gasteiger partial charge in [0.1, 0.15) is 6.29 Å². The van der Waals surface area contributed by atoms with Crippen molar-refractivity contribution in [2.24, 2.45) is 5.92 Å². The highest BCUT2D eigenvalue weighted by Gasteiger charge is 2.22. The van der Waals surface area contributed by atoms with E-state index in [1.807, 2.05) is 56.3 Å². The van der Waals surface area contributed by atoms with Gasteiger partial charge in [0.25, 0.3) is 0 Å². The van der Waals surface area contributed by atoms with E-state index in [1.54, 1.807) is 21.1 Å². The molecule has 2 atom stereocenters. The predicted octanol–water partition coefficient (Wildman–Crippen LogP) is 6.30. The molecule has 6 heteroatoms. The lowest BCUT2D eigenvalue weighted by molar-refractivity contribution is -0.107. The van der Waals surface area contributed by atoms with Crippen molar-refractivity contribution in [3.63, 3.8) is 0 Å². The Morgan fingerprint density at radius 2 is 1.62 bits per heavy atom. The largest absolute Gasteiger partial charge is 0.493 e. The van der Waals surface area contributed by atoms with Gasteiger partial charge >= 0.3 is 0 Å². The fourth-order valence-electron chi connectivity index (χ4n) is 4.30. The SMILES string of the molecule is CC.CC(=O)c1ccc(CCCCC=O)cc1.COc1ccc(C(O)C(C)CN2CCCC2)cc1OC. The number of carbonyl (C=O) groups is 2.